The van der Waals surface area contributed by atoms with E-state index in [4.69, 9.17) is 11.6 Å². The molecule has 2 aromatic rings. The molecular formula is C20H24ClIN4. The van der Waals surface area contributed by atoms with Gasteiger partial charge in [0.1, 0.15) is 0 Å². The van der Waals surface area contributed by atoms with E-state index in [0.717, 1.165) is 36.2 Å². The van der Waals surface area contributed by atoms with Crippen LogP contribution < -0.4 is 15.5 Å². The number of nitrogens with one attached hydrogen (secondary N) is 2. The number of rotatable bonds is 5. The average Bonchev–Trinajstić information content (AvgIpc) is 3.18. The Hall–Kier alpha value is -1.73. The summed E-state index contributed by atoms with van der Waals surface area (Å²) in [6.07, 6.45) is 4.40. The molecule has 0 aliphatic carbocycles. The van der Waals surface area contributed by atoms with Crippen molar-refractivity contribution in [2.75, 3.05) is 25.0 Å². The van der Waals surface area contributed by atoms with Crippen LogP contribution in [0, 0.1) is 0 Å². The lowest BCUT2D eigenvalue weighted by Gasteiger charge is -2.19. The van der Waals surface area contributed by atoms with Crippen molar-refractivity contribution in [1.82, 2.24) is 10.6 Å². The van der Waals surface area contributed by atoms with Crippen LogP contribution in [0.5, 0.6) is 0 Å². The molecular weight excluding hydrogens is 459 g/mol. The standard InChI is InChI=1S/C20H23ClN4.HI/c1-22-20(24-15-17-8-2-3-10-19(17)21)23-14-16-7-6-9-18(13-16)25-11-4-5-12-25;/h2-10,13H,11-12,14-15H2,1H3,(H2,22,23,24);1H. The van der Waals surface area contributed by atoms with Crippen molar-refractivity contribution >= 4 is 47.2 Å². The number of anilines is 1. The zero-order valence-corrected chi connectivity index (χ0v) is 17.9. The van der Waals surface area contributed by atoms with Gasteiger partial charge in [0.2, 0.25) is 0 Å². The monoisotopic (exact) mass is 482 g/mol. The summed E-state index contributed by atoms with van der Waals surface area (Å²) in [5.41, 5.74) is 3.53. The van der Waals surface area contributed by atoms with E-state index in [1.165, 1.54) is 11.3 Å². The van der Waals surface area contributed by atoms with Crippen LogP contribution in [0.1, 0.15) is 11.1 Å². The topological polar surface area (TPSA) is 39.7 Å². The third-order valence-electron chi connectivity index (χ3n) is 4.18. The zero-order valence-electron chi connectivity index (χ0n) is 14.8. The lowest BCUT2D eigenvalue weighted by atomic mass is 10.2. The second-order valence-electron chi connectivity index (χ2n) is 5.92. The number of halogens is 2. The molecule has 1 heterocycles. The Kier molecular flexibility index (Phi) is 8.25. The van der Waals surface area contributed by atoms with Crippen LogP contribution >= 0.6 is 35.6 Å². The minimum Gasteiger partial charge on any atom is -0.364 e. The van der Waals surface area contributed by atoms with Crippen molar-refractivity contribution in [3.05, 3.63) is 76.8 Å². The highest BCUT2D eigenvalue weighted by Crippen LogP contribution is 2.18. The van der Waals surface area contributed by atoms with Gasteiger partial charge in [0, 0.05) is 43.9 Å². The SMILES string of the molecule is CN=C(NCc1cccc(N2CC=CC2)c1)NCc1ccccc1Cl.I. The molecule has 0 atom stereocenters. The first-order valence-electron chi connectivity index (χ1n) is 8.43. The summed E-state index contributed by atoms with van der Waals surface area (Å²) in [7, 11) is 1.77. The molecule has 0 spiro atoms. The fourth-order valence-corrected chi connectivity index (χ4v) is 2.98. The molecule has 138 valence electrons. The minimum absolute atomic E-state index is 0. The molecule has 0 unspecified atom stereocenters. The fraction of sp³-hybridized carbons (Fsp3) is 0.250. The Labute approximate surface area is 177 Å². The molecule has 0 saturated carbocycles. The van der Waals surface area contributed by atoms with E-state index in [1.54, 1.807) is 7.05 Å². The van der Waals surface area contributed by atoms with Gasteiger partial charge in [-0.05, 0) is 29.3 Å². The molecule has 3 rings (SSSR count). The Morgan fingerprint density at radius 2 is 1.77 bits per heavy atom. The number of hydrogen-bond donors (Lipinski definition) is 2. The Balaban J connectivity index is 0.00000243. The highest BCUT2D eigenvalue weighted by atomic mass is 127. The molecule has 0 radical (unpaired) electrons. The summed E-state index contributed by atoms with van der Waals surface area (Å²) in [5.74, 6) is 0.758. The maximum atomic E-state index is 6.19. The van der Waals surface area contributed by atoms with Crippen molar-refractivity contribution in [3.8, 4) is 0 Å². The fourth-order valence-electron chi connectivity index (χ4n) is 2.78. The molecule has 4 nitrogen and oxygen atoms in total. The summed E-state index contributed by atoms with van der Waals surface area (Å²) >= 11 is 6.19. The van der Waals surface area contributed by atoms with Gasteiger partial charge in [-0.1, -0.05) is 54.1 Å². The smallest absolute Gasteiger partial charge is 0.191 e. The molecule has 0 fully saturated rings. The highest BCUT2D eigenvalue weighted by Gasteiger charge is 2.08. The van der Waals surface area contributed by atoms with Crippen molar-refractivity contribution in [3.63, 3.8) is 0 Å². The van der Waals surface area contributed by atoms with Gasteiger partial charge in [0.25, 0.3) is 0 Å². The molecule has 26 heavy (non-hydrogen) atoms. The van der Waals surface area contributed by atoms with E-state index in [-0.39, 0.29) is 24.0 Å². The van der Waals surface area contributed by atoms with E-state index in [2.05, 4.69) is 56.9 Å². The first kappa shape index (κ1) is 20.6. The molecule has 1 aliphatic heterocycles. The number of hydrogen-bond acceptors (Lipinski definition) is 2. The molecule has 6 heteroatoms. The molecule has 0 bridgehead atoms. The molecule has 1 aliphatic rings. The van der Waals surface area contributed by atoms with Crippen LogP contribution in [0.2, 0.25) is 5.02 Å². The molecule has 0 aromatic heterocycles. The third-order valence-corrected chi connectivity index (χ3v) is 4.55. The number of benzene rings is 2. The largest absolute Gasteiger partial charge is 0.364 e. The summed E-state index contributed by atoms with van der Waals surface area (Å²) in [6, 6.07) is 16.4. The lowest BCUT2D eigenvalue weighted by molar-refractivity contribution is 0.808. The first-order valence-corrected chi connectivity index (χ1v) is 8.81. The number of nitrogens with zero attached hydrogens (tertiary/aromatic N) is 2. The first-order chi connectivity index (χ1) is 12.3. The zero-order chi connectivity index (χ0) is 17.5. The second-order valence-corrected chi connectivity index (χ2v) is 6.32. The van der Waals surface area contributed by atoms with Crippen LogP contribution in [0.25, 0.3) is 0 Å². The van der Waals surface area contributed by atoms with Gasteiger partial charge in [-0.15, -0.1) is 24.0 Å². The summed E-state index contributed by atoms with van der Waals surface area (Å²) < 4.78 is 0. The van der Waals surface area contributed by atoms with Crippen molar-refractivity contribution in [2.45, 2.75) is 13.1 Å². The van der Waals surface area contributed by atoms with E-state index in [1.807, 2.05) is 24.3 Å². The van der Waals surface area contributed by atoms with Crippen LogP contribution in [0.3, 0.4) is 0 Å². The molecule has 2 aromatic carbocycles. The summed E-state index contributed by atoms with van der Waals surface area (Å²) in [5, 5.41) is 7.42. The predicted molar refractivity (Wildman–Crippen MR) is 122 cm³/mol. The van der Waals surface area contributed by atoms with E-state index < -0.39 is 0 Å². The normalized spacial score (nSPS) is 13.5. The number of aliphatic imine (C=N–C) groups is 1. The van der Waals surface area contributed by atoms with Gasteiger partial charge in [0.05, 0.1) is 0 Å². The van der Waals surface area contributed by atoms with E-state index >= 15 is 0 Å². The maximum Gasteiger partial charge on any atom is 0.191 e. The van der Waals surface area contributed by atoms with Gasteiger partial charge < -0.3 is 15.5 Å². The maximum absolute atomic E-state index is 6.19. The van der Waals surface area contributed by atoms with Gasteiger partial charge in [-0.25, -0.2) is 0 Å². The highest BCUT2D eigenvalue weighted by molar-refractivity contribution is 14.0. The van der Waals surface area contributed by atoms with Gasteiger partial charge in [-0.2, -0.15) is 0 Å². The molecule has 0 amide bonds. The van der Waals surface area contributed by atoms with Crippen LogP contribution in [-0.4, -0.2) is 26.1 Å². The Bertz CT molecular complexity index is 768. The molecule has 2 N–H and O–H groups in total. The van der Waals surface area contributed by atoms with Crippen molar-refractivity contribution in [1.29, 1.82) is 0 Å². The van der Waals surface area contributed by atoms with E-state index in [0.29, 0.717) is 6.54 Å². The van der Waals surface area contributed by atoms with Crippen molar-refractivity contribution < 1.29 is 0 Å². The quantitative estimate of drug-likeness (QED) is 0.290. The second kappa shape index (κ2) is 10.4. The van der Waals surface area contributed by atoms with Gasteiger partial charge in [0.15, 0.2) is 5.96 Å². The lowest BCUT2D eigenvalue weighted by Crippen LogP contribution is -2.36. The van der Waals surface area contributed by atoms with Crippen molar-refractivity contribution in [2.24, 2.45) is 4.99 Å². The summed E-state index contributed by atoms with van der Waals surface area (Å²) in [6.45, 7) is 3.33. The Morgan fingerprint density at radius 3 is 2.50 bits per heavy atom. The Morgan fingerprint density at radius 1 is 1.04 bits per heavy atom. The third kappa shape index (κ3) is 5.64. The number of guanidine groups is 1. The van der Waals surface area contributed by atoms with E-state index in [9.17, 15) is 0 Å². The predicted octanol–water partition coefficient (Wildman–Crippen LogP) is 4.20. The van der Waals surface area contributed by atoms with Crippen LogP contribution in [0.4, 0.5) is 5.69 Å². The van der Waals surface area contributed by atoms with Crippen LogP contribution in [0.15, 0.2) is 65.7 Å². The minimum atomic E-state index is 0. The summed E-state index contributed by atoms with van der Waals surface area (Å²) in [4.78, 5) is 6.62. The molecule has 0 saturated heterocycles. The average molecular weight is 483 g/mol. The van der Waals surface area contributed by atoms with Gasteiger partial charge in [-0.3, -0.25) is 4.99 Å². The van der Waals surface area contributed by atoms with Gasteiger partial charge >= 0.3 is 0 Å². The van der Waals surface area contributed by atoms with Crippen LogP contribution in [-0.2, 0) is 13.1 Å².